The van der Waals surface area contributed by atoms with Gasteiger partial charge in [-0.05, 0) is 48.9 Å². The molecule has 0 aliphatic rings. The summed E-state index contributed by atoms with van der Waals surface area (Å²) >= 11 is 0. The Hall–Kier alpha value is -3.81. The van der Waals surface area contributed by atoms with E-state index in [-0.39, 0.29) is 5.56 Å². The quantitative estimate of drug-likeness (QED) is 0.485. The molecule has 152 valence electrons. The number of benzene rings is 2. The van der Waals surface area contributed by atoms with Gasteiger partial charge in [-0.2, -0.15) is 0 Å². The number of pyridine rings is 1. The van der Waals surface area contributed by atoms with Gasteiger partial charge in [0.2, 0.25) is 0 Å². The Labute approximate surface area is 169 Å². The third-order valence-electron chi connectivity index (χ3n) is 4.42. The van der Waals surface area contributed by atoms with Crippen molar-refractivity contribution in [1.82, 2.24) is 9.38 Å². The fourth-order valence-electron chi connectivity index (χ4n) is 3.09. The van der Waals surface area contributed by atoms with Gasteiger partial charge in [-0.3, -0.25) is 4.79 Å². The zero-order valence-electron chi connectivity index (χ0n) is 15.8. The van der Waals surface area contributed by atoms with Gasteiger partial charge in [-0.25, -0.2) is 4.98 Å². The van der Waals surface area contributed by atoms with Crippen molar-refractivity contribution in [2.45, 2.75) is 13.3 Å². The van der Waals surface area contributed by atoms with Crippen LogP contribution in [-0.2, 0) is 0 Å². The molecule has 1 N–H and O–H groups in total. The third kappa shape index (κ3) is 4.27. The van der Waals surface area contributed by atoms with Crippen LogP contribution in [-0.4, -0.2) is 21.7 Å². The summed E-state index contributed by atoms with van der Waals surface area (Å²) in [5.41, 5.74) is 3.95. The van der Waals surface area contributed by atoms with Gasteiger partial charge in [0.1, 0.15) is 11.4 Å². The lowest BCUT2D eigenvalue weighted by molar-refractivity contribution is -0.274. The van der Waals surface area contributed by atoms with E-state index in [2.05, 4.69) is 15.0 Å². The minimum absolute atomic E-state index is 0.0468. The molecule has 0 radical (unpaired) electrons. The minimum atomic E-state index is -4.82. The van der Waals surface area contributed by atoms with Crippen LogP contribution in [0.3, 0.4) is 0 Å². The number of alkyl halides is 3. The van der Waals surface area contributed by atoms with E-state index in [0.29, 0.717) is 5.69 Å². The monoisotopic (exact) mass is 411 g/mol. The Bertz CT molecular complexity index is 1230. The summed E-state index contributed by atoms with van der Waals surface area (Å²) in [6, 6.07) is 15.9. The van der Waals surface area contributed by atoms with E-state index in [1.807, 2.05) is 41.9 Å². The molecule has 2 aromatic heterocycles. The van der Waals surface area contributed by atoms with E-state index < -0.39 is 18.0 Å². The molecule has 0 fully saturated rings. The molecule has 4 aromatic rings. The molecule has 0 aliphatic heterocycles. The number of aromatic nitrogens is 2. The standard InChI is InChI=1S/C22H16F3N3O2/c1-14-5-4-10-28-13-19(27-20(14)28)15-6-2-8-17(11-15)26-21(29)16-7-3-9-18(12-16)30-22(23,24)25/h2-13H,1H3,(H,26,29). The molecular weight excluding hydrogens is 395 g/mol. The van der Waals surface area contributed by atoms with Gasteiger partial charge in [-0.1, -0.05) is 24.3 Å². The maximum atomic E-state index is 12.5. The average Bonchev–Trinajstić information content (AvgIpc) is 3.13. The number of hydrogen-bond acceptors (Lipinski definition) is 3. The van der Waals surface area contributed by atoms with Crippen molar-refractivity contribution in [2.75, 3.05) is 5.32 Å². The van der Waals surface area contributed by atoms with Crippen molar-refractivity contribution < 1.29 is 22.7 Å². The fourth-order valence-corrected chi connectivity index (χ4v) is 3.09. The zero-order valence-corrected chi connectivity index (χ0v) is 15.8. The van der Waals surface area contributed by atoms with E-state index in [9.17, 15) is 18.0 Å². The topological polar surface area (TPSA) is 55.6 Å². The molecular formula is C22H16F3N3O2. The van der Waals surface area contributed by atoms with Gasteiger partial charge in [0.15, 0.2) is 0 Å². The number of fused-ring (bicyclic) bond motifs is 1. The van der Waals surface area contributed by atoms with Crippen molar-refractivity contribution in [3.63, 3.8) is 0 Å². The van der Waals surface area contributed by atoms with Gasteiger partial charge in [0.25, 0.3) is 5.91 Å². The van der Waals surface area contributed by atoms with E-state index in [4.69, 9.17) is 0 Å². The molecule has 2 aromatic carbocycles. The normalized spacial score (nSPS) is 11.5. The number of imidazole rings is 1. The third-order valence-corrected chi connectivity index (χ3v) is 4.42. The first-order chi connectivity index (χ1) is 14.3. The molecule has 0 bridgehead atoms. The number of carbonyl (C=O) groups excluding carboxylic acids is 1. The summed E-state index contributed by atoms with van der Waals surface area (Å²) in [6.45, 7) is 1.97. The first kappa shape index (κ1) is 19.5. The van der Waals surface area contributed by atoms with Crippen molar-refractivity contribution in [2.24, 2.45) is 0 Å². The highest BCUT2D eigenvalue weighted by atomic mass is 19.4. The van der Waals surface area contributed by atoms with Crippen molar-refractivity contribution in [3.8, 4) is 17.0 Å². The molecule has 0 saturated heterocycles. The molecule has 8 heteroatoms. The summed E-state index contributed by atoms with van der Waals surface area (Å²) in [6.07, 6.45) is -1.03. The first-order valence-corrected chi connectivity index (χ1v) is 9.00. The van der Waals surface area contributed by atoms with Crippen molar-refractivity contribution in [3.05, 3.63) is 84.2 Å². The number of hydrogen-bond donors (Lipinski definition) is 1. The molecule has 1 amide bonds. The Kier molecular flexibility index (Phi) is 4.91. The second kappa shape index (κ2) is 7.55. The van der Waals surface area contributed by atoms with Crippen LogP contribution >= 0.6 is 0 Å². The number of nitrogens with one attached hydrogen (secondary N) is 1. The molecule has 0 spiro atoms. The number of nitrogens with zero attached hydrogens (tertiary/aromatic N) is 2. The summed E-state index contributed by atoms with van der Waals surface area (Å²) in [7, 11) is 0. The number of halogens is 3. The highest BCUT2D eigenvalue weighted by Gasteiger charge is 2.31. The number of ether oxygens (including phenoxy) is 1. The molecule has 0 aliphatic carbocycles. The van der Waals surface area contributed by atoms with E-state index >= 15 is 0 Å². The van der Waals surface area contributed by atoms with Crippen LogP contribution < -0.4 is 10.1 Å². The molecule has 0 atom stereocenters. The van der Waals surface area contributed by atoms with Crippen LogP contribution in [0.25, 0.3) is 16.9 Å². The second-order valence-electron chi connectivity index (χ2n) is 6.66. The summed E-state index contributed by atoms with van der Waals surface area (Å²) in [4.78, 5) is 17.1. The Balaban J connectivity index is 1.56. The van der Waals surface area contributed by atoms with Gasteiger partial charge in [0, 0.05) is 29.2 Å². The smallest absolute Gasteiger partial charge is 0.406 e. The highest BCUT2D eigenvalue weighted by Crippen LogP contribution is 2.25. The van der Waals surface area contributed by atoms with Gasteiger partial charge in [0.05, 0.1) is 5.69 Å². The van der Waals surface area contributed by atoms with E-state index in [1.165, 1.54) is 12.1 Å². The lowest BCUT2D eigenvalue weighted by Gasteiger charge is -2.10. The highest BCUT2D eigenvalue weighted by molar-refractivity contribution is 6.04. The second-order valence-corrected chi connectivity index (χ2v) is 6.66. The molecule has 0 saturated carbocycles. The van der Waals surface area contributed by atoms with Gasteiger partial charge < -0.3 is 14.5 Å². The summed E-state index contributed by atoms with van der Waals surface area (Å²) in [5, 5.41) is 2.69. The van der Waals surface area contributed by atoms with Crippen LogP contribution in [0, 0.1) is 6.92 Å². The van der Waals surface area contributed by atoms with Crippen molar-refractivity contribution >= 4 is 17.2 Å². The Morgan fingerprint density at radius 1 is 1.07 bits per heavy atom. The predicted octanol–water partition coefficient (Wildman–Crippen LogP) is 5.46. The number of amides is 1. The molecule has 4 rings (SSSR count). The maximum Gasteiger partial charge on any atom is 0.573 e. The predicted molar refractivity (Wildman–Crippen MR) is 106 cm³/mol. The fraction of sp³-hybridized carbons (Fsp3) is 0.0909. The SMILES string of the molecule is Cc1cccn2cc(-c3cccc(NC(=O)c4cccc(OC(F)(F)F)c4)c3)nc12. The van der Waals surface area contributed by atoms with Crippen LogP contribution in [0.2, 0.25) is 0 Å². The van der Waals surface area contributed by atoms with E-state index in [0.717, 1.165) is 34.6 Å². The Morgan fingerprint density at radius 3 is 2.63 bits per heavy atom. The van der Waals surface area contributed by atoms with E-state index in [1.54, 1.807) is 18.2 Å². The average molecular weight is 411 g/mol. The van der Waals surface area contributed by atoms with Crippen LogP contribution in [0.4, 0.5) is 18.9 Å². The summed E-state index contributed by atoms with van der Waals surface area (Å²) in [5.74, 6) is -1.01. The minimum Gasteiger partial charge on any atom is -0.406 e. The number of anilines is 1. The molecule has 2 heterocycles. The van der Waals surface area contributed by atoms with Crippen LogP contribution in [0.15, 0.2) is 73.1 Å². The first-order valence-electron chi connectivity index (χ1n) is 9.00. The molecule has 30 heavy (non-hydrogen) atoms. The number of aryl methyl sites for hydroxylation is 1. The van der Waals surface area contributed by atoms with Crippen molar-refractivity contribution in [1.29, 1.82) is 0 Å². The summed E-state index contributed by atoms with van der Waals surface area (Å²) < 4.78 is 43.0. The number of rotatable bonds is 4. The lowest BCUT2D eigenvalue weighted by atomic mass is 10.1. The Morgan fingerprint density at radius 2 is 1.87 bits per heavy atom. The van der Waals surface area contributed by atoms with Gasteiger partial charge >= 0.3 is 6.36 Å². The molecule has 0 unspecified atom stereocenters. The molecule has 5 nitrogen and oxygen atoms in total. The van der Waals surface area contributed by atoms with Gasteiger partial charge in [-0.15, -0.1) is 13.2 Å². The largest absolute Gasteiger partial charge is 0.573 e. The van der Waals surface area contributed by atoms with Crippen LogP contribution in [0.1, 0.15) is 15.9 Å². The number of carbonyl (C=O) groups is 1. The zero-order chi connectivity index (χ0) is 21.3. The maximum absolute atomic E-state index is 12.5. The van der Waals surface area contributed by atoms with Crippen LogP contribution in [0.5, 0.6) is 5.75 Å². The lowest BCUT2D eigenvalue weighted by Crippen LogP contribution is -2.18.